The molecule has 0 aromatic heterocycles. The predicted molar refractivity (Wildman–Crippen MR) is 94.8 cm³/mol. The zero-order chi connectivity index (χ0) is 22.3. The Bertz CT molecular complexity index is 495. The summed E-state index contributed by atoms with van der Waals surface area (Å²) in [5, 5.41) is 76.1. The second-order valence-corrected chi connectivity index (χ2v) is 6.88. The van der Waals surface area contributed by atoms with Crippen molar-refractivity contribution in [2.45, 2.75) is 81.1 Å². The van der Waals surface area contributed by atoms with E-state index in [9.17, 15) is 30.3 Å². The number of carbonyl (C=O) groups excluding carboxylic acids is 1. The lowest BCUT2D eigenvalue weighted by molar-refractivity contribution is -0.253. The summed E-state index contributed by atoms with van der Waals surface area (Å²) in [5.74, 6) is -0.339. The molecular weight excluding hydrogens is 396 g/mol. The van der Waals surface area contributed by atoms with Gasteiger partial charge in [0, 0.05) is 6.42 Å². The lowest BCUT2D eigenvalue weighted by Crippen LogP contribution is -2.64. The van der Waals surface area contributed by atoms with Gasteiger partial charge in [-0.3, -0.25) is 4.79 Å². The van der Waals surface area contributed by atoms with E-state index in [-0.39, 0.29) is 12.3 Å². The van der Waals surface area contributed by atoms with Crippen molar-refractivity contribution in [1.29, 1.82) is 0 Å². The van der Waals surface area contributed by atoms with Crippen molar-refractivity contribution in [1.82, 2.24) is 5.32 Å². The number of aliphatic hydroxyl groups is 8. The number of hydrogen-bond donors (Lipinski definition) is 10. The number of nitrogens with two attached hydrogens (primary N) is 1. The summed E-state index contributed by atoms with van der Waals surface area (Å²) in [5.41, 5.74) is 5.26. The van der Waals surface area contributed by atoms with Crippen LogP contribution in [0.3, 0.4) is 0 Å². The first-order valence-corrected chi connectivity index (χ1v) is 9.24. The van der Waals surface area contributed by atoms with E-state index >= 15 is 0 Å². The van der Waals surface area contributed by atoms with Gasteiger partial charge >= 0.3 is 0 Å². The fourth-order valence-corrected chi connectivity index (χ4v) is 2.86. The molecule has 13 heteroatoms. The molecule has 1 amide bonds. The number of rotatable bonds is 5. The van der Waals surface area contributed by atoms with E-state index in [0.717, 1.165) is 0 Å². The van der Waals surface area contributed by atoms with Crippen molar-refractivity contribution in [2.75, 3.05) is 13.2 Å². The molecule has 0 saturated carbocycles. The van der Waals surface area contributed by atoms with Gasteiger partial charge in [-0.25, -0.2) is 0 Å². The maximum absolute atomic E-state index is 11.3. The fourth-order valence-electron chi connectivity index (χ4n) is 2.86. The highest BCUT2D eigenvalue weighted by atomic mass is 16.6. The Kier molecular flexibility index (Phi) is 10.8. The zero-order valence-electron chi connectivity index (χ0n) is 16.0. The standard InChI is InChI=1S/C10H19NO6.C6H13NO5/c1-2-3-6(13)11-7-9(15)8(14)5(4-12)17-10(7)16;7-3-5(10)4(9)2(1-8)12-6(3)11/h5,7-10,12,14-16H,2-4H2,1H3,(H,11,13);2-6,8-11H,1,7H2/t5-,7-,8-,9-,10-;2-,3-,4-,5-,6-/m11/s1. The Morgan fingerprint density at radius 1 is 0.862 bits per heavy atom. The Morgan fingerprint density at radius 3 is 1.83 bits per heavy atom. The number of ether oxygens (including phenoxy) is 2. The van der Waals surface area contributed by atoms with Crippen molar-refractivity contribution >= 4 is 5.91 Å². The highest BCUT2D eigenvalue weighted by molar-refractivity contribution is 5.76. The van der Waals surface area contributed by atoms with Crippen LogP contribution in [0.15, 0.2) is 0 Å². The minimum absolute atomic E-state index is 0.259. The van der Waals surface area contributed by atoms with E-state index in [1.807, 2.05) is 6.92 Å². The number of nitrogens with one attached hydrogen (secondary N) is 1. The molecule has 2 rings (SSSR count). The highest BCUT2D eigenvalue weighted by Gasteiger charge is 2.44. The number of carbonyl (C=O) groups is 1. The molecule has 2 aliphatic heterocycles. The van der Waals surface area contributed by atoms with Crippen molar-refractivity contribution in [3.63, 3.8) is 0 Å². The topological polar surface area (TPSA) is 235 Å². The van der Waals surface area contributed by atoms with Gasteiger partial charge in [-0.05, 0) is 6.42 Å². The number of hydrogen-bond acceptors (Lipinski definition) is 12. The van der Waals surface area contributed by atoms with Gasteiger partial charge < -0.3 is 61.4 Å². The molecule has 11 N–H and O–H groups in total. The maximum Gasteiger partial charge on any atom is 0.220 e. The van der Waals surface area contributed by atoms with Crippen molar-refractivity contribution in [3.8, 4) is 0 Å². The third kappa shape index (κ3) is 6.77. The molecule has 0 unspecified atom stereocenters. The van der Waals surface area contributed by atoms with E-state index < -0.39 is 74.5 Å². The summed E-state index contributed by atoms with van der Waals surface area (Å²) in [7, 11) is 0. The van der Waals surface area contributed by atoms with Crippen LogP contribution in [0.25, 0.3) is 0 Å². The van der Waals surface area contributed by atoms with E-state index in [1.54, 1.807) is 0 Å². The Hall–Kier alpha value is -0.970. The molecule has 2 aliphatic rings. The Balaban J connectivity index is 0.000000308. The average Bonchev–Trinajstić information content (AvgIpc) is 2.69. The van der Waals surface area contributed by atoms with Gasteiger partial charge in [-0.15, -0.1) is 0 Å². The normalized spacial score (nSPS) is 42.6. The van der Waals surface area contributed by atoms with Crippen LogP contribution in [0.4, 0.5) is 0 Å². The summed E-state index contributed by atoms with van der Waals surface area (Å²) in [4.78, 5) is 11.3. The van der Waals surface area contributed by atoms with E-state index in [2.05, 4.69) is 5.32 Å². The van der Waals surface area contributed by atoms with Gasteiger partial charge in [0.1, 0.15) is 42.7 Å². The molecule has 0 aliphatic carbocycles. The molecule has 13 nitrogen and oxygen atoms in total. The summed E-state index contributed by atoms with van der Waals surface area (Å²) in [6.07, 6.45) is -9.20. The van der Waals surface area contributed by atoms with E-state index in [4.69, 9.17) is 30.5 Å². The summed E-state index contributed by atoms with van der Waals surface area (Å²) < 4.78 is 9.59. The minimum atomic E-state index is -1.45. The average molecular weight is 428 g/mol. The molecular formula is C16H32N2O11. The molecule has 29 heavy (non-hydrogen) atoms. The summed E-state index contributed by atoms with van der Waals surface area (Å²) in [6.45, 7) is 0.827. The smallest absolute Gasteiger partial charge is 0.220 e. The fraction of sp³-hybridized carbons (Fsp3) is 0.938. The monoisotopic (exact) mass is 428 g/mol. The van der Waals surface area contributed by atoms with Crippen LogP contribution in [0.1, 0.15) is 19.8 Å². The molecule has 2 heterocycles. The largest absolute Gasteiger partial charge is 0.394 e. The SMILES string of the molecule is CCCC(=O)N[C@@H]1[C@@H](O)[C@H](O)[C@@H](CO)O[C@H]1O.N[C@@H]1[C@@H](O)[C@H](O)[C@@H](CO)O[C@H]1O. The molecule has 0 spiro atoms. The lowest BCUT2D eigenvalue weighted by atomic mass is 9.97. The van der Waals surface area contributed by atoms with Gasteiger partial charge in [-0.1, -0.05) is 6.92 Å². The third-order valence-corrected chi connectivity index (χ3v) is 4.65. The molecule has 0 radical (unpaired) electrons. The first-order chi connectivity index (χ1) is 13.6. The van der Waals surface area contributed by atoms with Crippen LogP contribution in [0, 0.1) is 0 Å². The van der Waals surface area contributed by atoms with Crippen LogP contribution in [-0.2, 0) is 14.3 Å². The van der Waals surface area contributed by atoms with Gasteiger partial charge in [0.2, 0.25) is 5.91 Å². The predicted octanol–water partition coefficient (Wildman–Crippen LogP) is -5.55. The zero-order valence-corrected chi connectivity index (χ0v) is 16.0. The van der Waals surface area contributed by atoms with Gasteiger partial charge in [-0.2, -0.15) is 0 Å². The molecule has 10 atom stereocenters. The quantitative estimate of drug-likeness (QED) is 0.197. The van der Waals surface area contributed by atoms with Crippen molar-refractivity contribution in [2.24, 2.45) is 5.73 Å². The van der Waals surface area contributed by atoms with Crippen LogP contribution in [-0.4, -0.2) is 121 Å². The minimum Gasteiger partial charge on any atom is -0.394 e. The first-order valence-electron chi connectivity index (χ1n) is 9.24. The van der Waals surface area contributed by atoms with Gasteiger partial charge in [0.15, 0.2) is 12.6 Å². The van der Waals surface area contributed by atoms with E-state index in [1.165, 1.54) is 0 Å². The first kappa shape index (κ1) is 26.1. The molecule has 172 valence electrons. The Labute approximate surface area is 167 Å². The van der Waals surface area contributed by atoms with Crippen LogP contribution < -0.4 is 11.1 Å². The molecule has 0 aromatic carbocycles. The molecule has 0 bridgehead atoms. The van der Waals surface area contributed by atoms with Crippen LogP contribution >= 0.6 is 0 Å². The molecule has 2 saturated heterocycles. The number of aliphatic hydroxyl groups excluding tert-OH is 8. The van der Waals surface area contributed by atoms with Crippen LogP contribution in [0.2, 0.25) is 0 Å². The third-order valence-electron chi connectivity index (χ3n) is 4.65. The van der Waals surface area contributed by atoms with Gasteiger partial charge in [0.25, 0.3) is 0 Å². The van der Waals surface area contributed by atoms with Crippen molar-refractivity contribution in [3.05, 3.63) is 0 Å². The van der Waals surface area contributed by atoms with Gasteiger partial charge in [0.05, 0.1) is 19.3 Å². The molecule has 0 aromatic rings. The second kappa shape index (κ2) is 12.0. The second-order valence-electron chi connectivity index (χ2n) is 6.88. The molecule has 2 fully saturated rings. The number of amides is 1. The summed E-state index contributed by atoms with van der Waals surface area (Å²) >= 11 is 0. The Morgan fingerprint density at radius 2 is 1.34 bits per heavy atom. The maximum atomic E-state index is 11.3. The van der Waals surface area contributed by atoms with Crippen LogP contribution in [0.5, 0.6) is 0 Å². The van der Waals surface area contributed by atoms with Crippen molar-refractivity contribution < 1.29 is 55.1 Å². The lowest BCUT2D eigenvalue weighted by Gasteiger charge is -2.40. The summed E-state index contributed by atoms with van der Waals surface area (Å²) in [6, 6.07) is -2.13. The van der Waals surface area contributed by atoms with E-state index in [0.29, 0.717) is 6.42 Å². The highest BCUT2D eigenvalue weighted by Crippen LogP contribution is 2.20.